The first-order valence-electron chi connectivity index (χ1n) is 3.82. The highest BCUT2D eigenvalue weighted by molar-refractivity contribution is 5.72. The van der Waals surface area contributed by atoms with Crippen molar-refractivity contribution in [1.29, 1.82) is 0 Å². The van der Waals surface area contributed by atoms with Crippen molar-refractivity contribution in [1.82, 2.24) is 10.9 Å². The Hall–Kier alpha value is -1.09. The number of nitrogens with zero attached hydrogens (tertiary/aromatic N) is 1. The van der Waals surface area contributed by atoms with Crippen LogP contribution in [0.15, 0.2) is 28.9 Å². The fourth-order valence-corrected chi connectivity index (χ4v) is 1.29. The van der Waals surface area contributed by atoms with E-state index in [0.717, 1.165) is 13.1 Å². The summed E-state index contributed by atoms with van der Waals surface area (Å²) in [6, 6.07) is 0. The van der Waals surface area contributed by atoms with E-state index >= 15 is 0 Å². The van der Waals surface area contributed by atoms with Gasteiger partial charge in [0.05, 0.1) is 6.54 Å². The predicted octanol–water partition coefficient (Wildman–Crippen LogP) is 0.235. The van der Waals surface area contributed by atoms with Gasteiger partial charge in [0.25, 0.3) is 0 Å². The number of hydrogen-bond acceptors (Lipinski definition) is 3. The molecule has 58 valence electrons. The molecule has 11 heavy (non-hydrogen) atoms. The highest BCUT2D eigenvalue weighted by Gasteiger charge is 2.13. The lowest BCUT2D eigenvalue weighted by atomic mass is 10.0. The predicted molar refractivity (Wildman–Crippen MR) is 45.2 cm³/mol. The monoisotopic (exact) mass is 149 g/mol. The lowest BCUT2D eigenvalue weighted by Crippen LogP contribution is -2.27. The molecule has 0 radical (unpaired) electrons. The Bertz CT molecular complexity index is 227. The summed E-state index contributed by atoms with van der Waals surface area (Å²) in [6.45, 7) is 1.79. The van der Waals surface area contributed by atoms with Gasteiger partial charge in [-0.15, -0.1) is 0 Å². The van der Waals surface area contributed by atoms with Crippen LogP contribution in [0.4, 0.5) is 0 Å². The topological polar surface area (TPSA) is 36.4 Å². The fourth-order valence-electron chi connectivity index (χ4n) is 1.29. The third kappa shape index (κ3) is 1.33. The molecule has 0 saturated carbocycles. The van der Waals surface area contributed by atoms with Gasteiger partial charge >= 0.3 is 0 Å². The molecule has 0 spiro atoms. The number of rotatable bonds is 1. The molecule has 1 atom stereocenters. The van der Waals surface area contributed by atoms with Gasteiger partial charge in [0.2, 0.25) is 0 Å². The maximum Gasteiger partial charge on any atom is 0.0507 e. The van der Waals surface area contributed by atoms with E-state index in [0.29, 0.717) is 5.92 Å². The van der Waals surface area contributed by atoms with E-state index in [1.807, 2.05) is 12.3 Å². The number of allylic oxidation sites excluding steroid dienone is 1. The van der Waals surface area contributed by atoms with E-state index in [-0.39, 0.29) is 0 Å². The summed E-state index contributed by atoms with van der Waals surface area (Å²) in [5, 5.41) is 0. The summed E-state index contributed by atoms with van der Waals surface area (Å²) in [5.41, 5.74) is 7.40. The van der Waals surface area contributed by atoms with Crippen molar-refractivity contribution >= 4 is 6.21 Å². The summed E-state index contributed by atoms with van der Waals surface area (Å²) in [4.78, 5) is 4.18. The number of aliphatic imine (C=N–C) groups is 1. The van der Waals surface area contributed by atoms with Crippen LogP contribution in [-0.4, -0.2) is 19.3 Å². The molecular weight excluding hydrogens is 138 g/mol. The van der Waals surface area contributed by atoms with Crippen molar-refractivity contribution in [3.8, 4) is 0 Å². The summed E-state index contributed by atoms with van der Waals surface area (Å²) in [5.74, 6) is 0.454. The van der Waals surface area contributed by atoms with Crippen LogP contribution < -0.4 is 10.9 Å². The molecule has 3 heteroatoms. The first-order chi connectivity index (χ1) is 5.47. The van der Waals surface area contributed by atoms with Gasteiger partial charge < -0.3 is 5.43 Å². The van der Waals surface area contributed by atoms with Crippen molar-refractivity contribution in [3.05, 3.63) is 23.9 Å². The van der Waals surface area contributed by atoms with Gasteiger partial charge in [-0.3, -0.25) is 4.99 Å². The highest BCUT2D eigenvalue weighted by Crippen LogP contribution is 2.13. The van der Waals surface area contributed by atoms with Crippen LogP contribution in [0.1, 0.15) is 0 Å². The third-order valence-electron chi connectivity index (χ3n) is 1.89. The molecule has 0 bridgehead atoms. The summed E-state index contributed by atoms with van der Waals surface area (Å²) in [6.07, 6.45) is 8.17. The van der Waals surface area contributed by atoms with Gasteiger partial charge in [-0.1, -0.05) is 6.08 Å². The Balaban J connectivity index is 2.05. The van der Waals surface area contributed by atoms with Crippen molar-refractivity contribution in [2.75, 3.05) is 13.1 Å². The van der Waals surface area contributed by atoms with Crippen LogP contribution in [0.2, 0.25) is 0 Å². The average Bonchev–Trinajstić information content (AvgIpc) is 2.58. The van der Waals surface area contributed by atoms with Crippen LogP contribution in [0.25, 0.3) is 0 Å². The van der Waals surface area contributed by atoms with Gasteiger partial charge in [0, 0.05) is 24.4 Å². The van der Waals surface area contributed by atoms with Gasteiger partial charge in [0.15, 0.2) is 0 Å². The van der Waals surface area contributed by atoms with Crippen molar-refractivity contribution in [3.63, 3.8) is 0 Å². The number of nitrogens with one attached hydrogen (secondary N) is 2. The Morgan fingerprint density at radius 2 is 2.55 bits per heavy atom. The average molecular weight is 149 g/mol. The molecule has 2 rings (SSSR count). The Kier molecular flexibility index (Phi) is 1.73. The van der Waals surface area contributed by atoms with E-state index in [9.17, 15) is 0 Å². The Labute approximate surface area is 65.9 Å². The first-order valence-corrected chi connectivity index (χ1v) is 3.82. The van der Waals surface area contributed by atoms with Gasteiger partial charge in [0.1, 0.15) is 0 Å². The lowest BCUT2D eigenvalue weighted by molar-refractivity contribution is 0.624. The zero-order chi connectivity index (χ0) is 7.52. The van der Waals surface area contributed by atoms with Crippen LogP contribution in [0.5, 0.6) is 0 Å². The standard InChI is InChI=1S/C8H11N3/c1-2-7(6-9-4-1)8-3-5-10-11-8/h1-4,7,10-11H,5-6H2. The number of dihydropyridines is 1. The van der Waals surface area contributed by atoms with E-state index in [1.54, 1.807) is 0 Å². The molecule has 2 heterocycles. The maximum atomic E-state index is 4.18. The minimum absolute atomic E-state index is 0.454. The molecule has 2 N–H and O–H groups in total. The molecule has 1 unspecified atom stereocenters. The molecule has 0 saturated heterocycles. The lowest BCUT2D eigenvalue weighted by Gasteiger charge is -2.13. The number of hydrogen-bond donors (Lipinski definition) is 2. The van der Waals surface area contributed by atoms with Crippen molar-refractivity contribution in [2.45, 2.75) is 0 Å². The first kappa shape index (κ1) is 6.61. The van der Waals surface area contributed by atoms with Crippen LogP contribution in [0.3, 0.4) is 0 Å². The van der Waals surface area contributed by atoms with Crippen molar-refractivity contribution in [2.24, 2.45) is 10.9 Å². The molecule has 0 aliphatic carbocycles. The highest BCUT2D eigenvalue weighted by atomic mass is 15.4. The zero-order valence-corrected chi connectivity index (χ0v) is 6.25. The van der Waals surface area contributed by atoms with Crippen molar-refractivity contribution < 1.29 is 0 Å². The molecule has 2 aliphatic rings. The molecule has 0 aromatic carbocycles. The smallest absolute Gasteiger partial charge is 0.0507 e. The largest absolute Gasteiger partial charge is 0.325 e. The SMILES string of the molecule is C1=CC(C2=CCNN2)CN=C1. The number of hydrazine groups is 1. The van der Waals surface area contributed by atoms with Crippen LogP contribution in [-0.2, 0) is 0 Å². The molecule has 0 amide bonds. The van der Waals surface area contributed by atoms with Gasteiger partial charge in [-0.05, 0) is 12.2 Å². The third-order valence-corrected chi connectivity index (χ3v) is 1.89. The normalized spacial score (nSPS) is 28.4. The van der Waals surface area contributed by atoms with Crippen LogP contribution >= 0.6 is 0 Å². The molecule has 3 nitrogen and oxygen atoms in total. The zero-order valence-electron chi connectivity index (χ0n) is 6.25. The quantitative estimate of drug-likeness (QED) is 0.560. The fraction of sp³-hybridized carbons (Fsp3) is 0.375. The van der Waals surface area contributed by atoms with Crippen LogP contribution in [0, 0.1) is 5.92 Å². The second-order valence-corrected chi connectivity index (χ2v) is 2.67. The minimum atomic E-state index is 0.454. The van der Waals surface area contributed by atoms with E-state index in [2.05, 4.69) is 28.0 Å². The molecule has 0 aromatic rings. The maximum absolute atomic E-state index is 4.18. The second-order valence-electron chi connectivity index (χ2n) is 2.67. The molecule has 2 aliphatic heterocycles. The molecular formula is C8H11N3. The van der Waals surface area contributed by atoms with E-state index in [1.165, 1.54) is 5.70 Å². The molecule has 0 aromatic heterocycles. The molecule has 0 fully saturated rings. The Morgan fingerprint density at radius 3 is 3.18 bits per heavy atom. The second kappa shape index (κ2) is 2.88. The van der Waals surface area contributed by atoms with Gasteiger partial charge in [-0.25, -0.2) is 5.43 Å². The summed E-state index contributed by atoms with van der Waals surface area (Å²) >= 11 is 0. The summed E-state index contributed by atoms with van der Waals surface area (Å²) < 4.78 is 0. The minimum Gasteiger partial charge on any atom is -0.325 e. The summed E-state index contributed by atoms with van der Waals surface area (Å²) in [7, 11) is 0. The van der Waals surface area contributed by atoms with E-state index < -0.39 is 0 Å². The van der Waals surface area contributed by atoms with Gasteiger partial charge in [-0.2, -0.15) is 0 Å². The van der Waals surface area contributed by atoms with E-state index in [4.69, 9.17) is 0 Å². The Morgan fingerprint density at radius 1 is 1.55 bits per heavy atom.